The van der Waals surface area contributed by atoms with E-state index >= 15 is 0 Å². The van der Waals surface area contributed by atoms with E-state index in [0.717, 1.165) is 11.1 Å². The number of carbonyl (C=O) groups is 1. The fourth-order valence-corrected chi connectivity index (χ4v) is 1.69. The predicted octanol–water partition coefficient (Wildman–Crippen LogP) is 1.92. The summed E-state index contributed by atoms with van der Waals surface area (Å²) in [5.74, 6) is 0.558. The average molecular weight is 250 g/mol. The molecule has 0 aliphatic rings. The van der Waals surface area contributed by atoms with Crippen LogP contribution in [0.2, 0.25) is 0 Å². The maximum Gasteiger partial charge on any atom is 0.260 e. The van der Waals surface area contributed by atoms with Gasteiger partial charge in [0.1, 0.15) is 5.75 Å². The Morgan fingerprint density at radius 3 is 2.67 bits per heavy atom. The molecule has 2 atom stereocenters. The lowest BCUT2D eigenvalue weighted by atomic mass is 10.1. The highest BCUT2D eigenvalue weighted by molar-refractivity contribution is 5.80. The van der Waals surface area contributed by atoms with Gasteiger partial charge in [-0.3, -0.25) is 4.79 Å². The number of rotatable bonds is 5. The van der Waals surface area contributed by atoms with Crippen molar-refractivity contribution in [2.24, 2.45) is 5.73 Å². The lowest BCUT2D eigenvalue weighted by molar-refractivity contribution is -0.127. The molecular weight excluding hydrogens is 228 g/mol. The van der Waals surface area contributed by atoms with Gasteiger partial charge in [0, 0.05) is 18.2 Å². The minimum atomic E-state index is -0.523. The van der Waals surface area contributed by atoms with Gasteiger partial charge in [0.05, 0.1) is 0 Å². The van der Waals surface area contributed by atoms with Crippen molar-refractivity contribution in [1.29, 1.82) is 0 Å². The van der Waals surface area contributed by atoms with Crippen LogP contribution in [0.1, 0.15) is 37.9 Å². The Morgan fingerprint density at radius 2 is 2.11 bits per heavy atom. The van der Waals surface area contributed by atoms with Crippen LogP contribution in [0, 0.1) is 6.92 Å². The van der Waals surface area contributed by atoms with E-state index in [4.69, 9.17) is 10.5 Å². The molecule has 3 N–H and O–H groups in total. The molecular formula is C14H22N2O2. The number of hydrogen-bond donors (Lipinski definition) is 2. The molecule has 0 aliphatic carbocycles. The molecule has 0 aliphatic heterocycles. The van der Waals surface area contributed by atoms with E-state index in [2.05, 4.69) is 5.32 Å². The molecule has 0 radical (unpaired) electrons. The molecule has 1 rings (SSSR count). The van der Waals surface area contributed by atoms with Crippen LogP contribution in [0.25, 0.3) is 0 Å². The molecule has 1 aromatic rings. The van der Waals surface area contributed by atoms with Gasteiger partial charge in [-0.1, -0.05) is 17.7 Å². The topological polar surface area (TPSA) is 64.3 Å². The number of benzene rings is 1. The van der Waals surface area contributed by atoms with Gasteiger partial charge in [-0.2, -0.15) is 0 Å². The zero-order chi connectivity index (χ0) is 13.7. The largest absolute Gasteiger partial charge is 0.481 e. The quantitative estimate of drug-likeness (QED) is 0.839. The molecule has 1 unspecified atom stereocenters. The molecule has 1 aromatic carbocycles. The number of nitrogens with one attached hydrogen (secondary N) is 1. The minimum absolute atomic E-state index is 0.117. The third kappa shape index (κ3) is 3.74. The summed E-state index contributed by atoms with van der Waals surface area (Å²) in [6.45, 7) is 8.11. The smallest absolute Gasteiger partial charge is 0.260 e. The molecule has 0 fully saturated rings. The molecule has 0 heterocycles. The Balaban J connectivity index is 2.87. The van der Waals surface area contributed by atoms with E-state index in [1.807, 2.05) is 39.0 Å². The van der Waals surface area contributed by atoms with Gasteiger partial charge < -0.3 is 15.8 Å². The van der Waals surface area contributed by atoms with Gasteiger partial charge in [-0.05, 0) is 33.8 Å². The molecule has 0 bridgehead atoms. The Hall–Kier alpha value is -1.55. The first kappa shape index (κ1) is 14.5. The highest BCUT2D eigenvalue weighted by Crippen LogP contribution is 2.25. The fourth-order valence-electron chi connectivity index (χ4n) is 1.69. The zero-order valence-electron chi connectivity index (χ0n) is 11.5. The van der Waals surface area contributed by atoms with Gasteiger partial charge >= 0.3 is 0 Å². The summed E-state index contributed by atoms with van der Waals surface area (Å²) in [6, 6.07) is 5.68. The molecule has 18 heavy (non-hydrogen) atoms. The molecule has 4 heteroatoms. The SMILES string of the molecule is CCNC(=O)C(C)Oc1ccc(C)cc1[C@@H](C)N. The number of ether oxygens (including phenoxy) is 1. The third-order valence-corrected chi connectivity index (χ3v) is 2.68. The van der Waals surface area contributed by atoms with Crippen LogP contribution < -0.4 is 15.8 Å². The Kier molecular flexibility index (Phi) is 5.16. The van der Waals surface area contributed by atoms with Gasteiger partial charge in [0.2, 0.25) is 0 Å². The van der Waals surface area contributed by atoms with Crippen LogP contribution in [0.15, 0.2) is 18.2 Å². The van der Waals surface area contributed by atoms with Crippen LogP contribution >= 0.6 is 0 Å². The highest BCUT2D eigenvalue weighted by Gasteiger charge is 2.16. The fraction of sp³-hybridized carbons (Fsp3) is 0.500. The zero-order valence-corrected chi connectivity index (χ0v) is 11.5. The van der Waals surface area contributed by atoms with Crippen molar-refractivity contribution in [1.82, 2.24) is 5.32 Å². The number of carbonyl (C=O) groups excluding carboxylic acids is 1. The van der Waals surface area contributed by atoms with E-state index in [1.165, 1.54) is 0 Å². The first-order valence-electron chi connectivity index (χ1n) is 6.26. The van der Waals surface area contributed by atoms with Crippen molar-refractivity contribution in [3.05, 3.63) is 29.3 Å². The number of aryl methyl sites for hydroxylation is 1. The van der Waals surface area contributed by atoms with Gasteiger partial charge in [0.15, 0.2) is 6.10 Å². The lowest BCUT2D eigenvalue weighted by Gasteiger charge is -2.19. The van der Waals surface area contributed by atoms with Gasteiger partial charge in [-0.25, -0.2) is 0 Å². The first-order chi connectivity index (χ1) is 8.45. The first-order valence-corrected chi connectivity index (χ1v) is 6.26. The average Bonchev–Trinajstić information content (AvgIpc) is 2.31. The lowest BCUT2D eigenvalue weighted by Crippen LogP contribution is -2.36. The summed E-state index contributed by atoms with van der Waals surface area (Å²) in [5.41, 5.74) is 7.96. The minimum Gasteiger partial charge on any atom is -0.481 e. The molecule has 0 spiro atoms. The van der Waals surface area contributed by atoms with Crippen molar-refractivity contribution in [2.75, 3.05) is 6.54 Å². The van der Waals surface area contributed by atoms with Crippen molar-refractivity contribution < 1.29 is 9.53 Å². The molecule has 1 amide bonds. The van der Waals surface area contributed by atoms with Crippen LogP contribution in [-0.4, -0.2) is 18.6 Å². The van der Waals surface area contributed by atoms with Crippen LogP contribution in [0.5, 0.6) is 5.75 Å². The van der Waals surface area contributed by atoms with E-state index < -0.39 is 6.10 Å². The van der Waals surface area contributed by atoms with Gasteiger partial charge in [-0.15, -0.1) is 0 Å². The van der Waals surface area contributed by atoms with E-state index in [9.17, 15) is 4.79 Å². The Bertz CT molecular complexity index is 416. The van der Waals surface area contributed by atoms with Crippen LogP contribution in [0.3, 0.4) is 0 Å². The maximum absolute atomic E-state index is 11.6. The third-order valence-electron chi connectivity index (χ3n) is 2.68. The molecule has 4 nitrogen and oxygen atoms in total. The molecule has 0 aromatic heterocycles. The standard InChI is InChI=1S/C14H22N2O2/c1-5-16-14(17)11(4)18-13-7-6-9(2)8-12(13)10(3)15/h6-8,10-11H,5,15H2,1-4H3,(H,16,17)/t10-,11?/m1/s1. The summed E-state index contributed by atoms with van der Waals surface area (Å²) < 4.78 is 5.68. The Labute approximate surface area is 109 Å². The van der Waals surface area contributed by atoms with E-state index in [-0.39, 0.29) is 11.9 Å². The predicted molar refractivity (Wildman–Crippen MR) is 72.6 cm³/mol. The summed E-state index contributed by atoms with van der Waals surface area (Å²) in [6.07, 6.45) is -0.523. The summed E-state index contributed by atoms with van der Waals surface area (Å²) in [7, 11) is 0. The van der Waals surface area contributed by atoms with E-state index in [0.29, 0.717) is 12.3 Å². The normalized spacial score (nSPS) is 13.8. The monoisotopic (exact) mass is 250 g/mol. The highest BCUT2D eigenvalue weighted by atomic mass is 16.5. The summed E-state index contributed by atoms with van der Waals surface area (Å²) in [5, 5.41) is 2.73. The Morgan fingerprint density at radius 1 is 1.44 bits per heavy atom. The summed E-state index contributed by atoms with van der Waals surface area (Å²) in [4.78, 5) is 11.6. The van der Waals surface area contributed by atoms with Gasteiger partial charge in [0.25, 0.3) is 5.91 Å². The van der Waals surface area contributed by atoms with Crippen molar-refractivity contribution in [3.63, 3.8) is 0 Å². The van der Waals surface area contributed by atoms with Crippen molar-refractivity contribution in [2.45, 2.75) is 39.8 Å². The number of hydrogen-bond acceptors (Lipinski definition) is 3. The second-order valence-corrected chi connectivity index (χ2v) is 4.48. The van der Waals surface area contributed by atoms with Crippen LogP contribution in [0.4, 0.5) is 0 Å². The van der Waals surface area contributed by atoms with Crippen LogP contribution in [-0.2, 0) is 4.79 Å². The molecule has 100 valence electrons. The second-order valence-electron chi connectivity index (χ2n) is 4.48. The number of nitrogens with two attached hydrogens (primary N) is 1. The second kappa shape index (κ2) is 6.40. The van der Waals surface area contributed by atoms with Crippen molar-refractivity contribution in [3.8, 4) is 5.75 Å². The number of likely N-dealkylation sites (N-methyl/N-ethyl adjacent to an activating group) is 1. The molecule has 0 saturated carbocycles. The summed E-state index contributed by atoms with van der Waals surface area (Å²) >= 11 is 0. The van der Waals surface area contributed by atoms with Crippen molar-refractivity contribution >= 4 is 5.91 Å². The molecule has 0 saturated heterocycles. The maximum atomic E-state index is 11.6. The van der Waals surface area contributed by atoms with E-state index in [1.54, 1.807) is 6.92 Å². The number of amides is 1.